The standard InChI is InChI=1S/C16H23N5O2S/c1-11-8-14(15-9-12(2)19-20-15)18-16(17-11)10-13-4-6-21(7-5-13)24(3,22)23/h8-9,13H,4-7,10H2,1-3H3,(H,19,20). The van der Waals surface area contributed by atoms with Crippen molar-refractivity contribution < 1.29 is 8.42 Å². The lowest BCUT2D eigenvalue weighted by Gasteiger charge is -2.29. The molecule has 0 spiro atoms. The van der Waals surface area contributed by atoms with Crippen LogP contribution in [-0.4, -0.2) is 52.2 Å². The minimum atomic E-state index is -3.08. The summed E-state index contributed by atoms with van der Waals surface area (Å²) in [5, 5.41) is 7.20. The van der Waals surface area contributed by atoms with Crippen molar-refractivity contribution >= 4 is 10.0 Å². The number of H-pyrrole nitrogens is 1. The second kappa shape index (κ2) is 6.60. The van der Waals surface area contributed by atoms with Gasteiger partial charge in [-0.25, -0.2) is 22.7 Å². The lowest BCUT2D eigenvalue weighted by atomic mass is 9.94. The van der Waals surface area contributed by atoms with Gasteiger partial charge in [0.1, 0.15) is 11.5 Å². The smallest absolute Gasteiger partial charge is 0.211 e. The van der Waals surface area contributed by atoms with Crippen LogP contribution in [-0.2, 0) is 16.4 Å². The summed E-state index contributed by atoms with van der Waals surface area (Å²) in [5.41, 5.74) is 3.57. The van der Waals surface area contributed by atoms with E-state index in [0.717, 1.165) is 47.9 Å². The van der Waals surface area contributed by atoms with Gasteiger partial charge in [0.2, 0.25) is 10.0 Å². The van der Waals surface area contributed by atoms with Crippen LogP contribution in [0.5, 0.6) is 0 Å². The first-order valence-electron chi connectivity index (χ1n) is 8.13. The monoisotopic (exact) mass is 349 g/mol. The van der Waals surface area contributed by atoms with Gasteiger partial charge < -0.3 is 0 Å². The zero-order chi connectivity index (χ0) is 17.3. The summed E-state index contributed by atoms with van der Waals surface area (Å²) < 4.78 is 24.7. The summed E-state index contributed by atoms with van der Waals surface area (Å²) in [6.45, 7) is 5.09. The molecule has 130 valence electrons. The van der Waals surface area contributed by atoms with E-state index < -0.39 is 10.0 Å². The highest BCUT2D eigenvalue weighted by Crippen LogP contribution is 2.23. The Hall–Kier alpha value is -1.80. The molecule has 0 aliphatic carbocycles. The fourth-order valence-electron chi connectivity index (χ4n) is 3.11. The number of piperidine rings is 1. The Balaban J connectivity index is 1.71. The average Bonchev–Trinajstić information content (AvgIpc) is 2.93. The van der Waals surface area contributed by atoms with Crippen LogP contribution in [0.1, 0.15) is 30.1 Å². The predicted molar refractivity (Wildman–Crippen MR) is 91.9 cm³/mol. The number of sulfonamides is 1. The van der Waals surface area contributed by atoms with E-state index >= 15 is 0 Å². The molecule has 1 N–H and O–H groups in total. The molecule has 0 unspecified atom stereocenters. The zero-order valence-electron chi connectivity index (χ0n) is 14.3. The van der Waals surface area contributed by atoms with Gasteiger partial charge in [0.05, 0.1) is 11.9 Å². The first-order chi connectivity index (χ1) is 11.3. The highest BCUT2D eigenvalue weighted by atomic mass is 32.2. The molecule has 0 radical (unpaired) electrons. The van der Waals surface area contributed by atoms with Gasteiger partial charge >= 0.3 is 0 Å². The molecule has 3 heterocycles. The van der Waals surface area contributed by atoms with E-state index in [1.165, 1.54) is 6.26 Å². The topological polar surface area (TPSA) is 91.8 Å². The molecular weight excluding hydrogens is 326 g/mol. The quantitative estimate of drug-likeness (QED) is 0.907. The van der Waals surface area contributed by atoms with Crippen LogP contribution in [0.2, 0.25) is 0 Å². The molecule has 1 aliphatic rings. The Kier molecular flexibility index (Phi) is 4.69. The summed E-state index contributed by atoms with van der Waals surface area (Å²) in [6, 6.07) is 3.90. The Bertz CT molecular complexity index is 823. The molecule has 8 heteroatoms. The van der Waals surface area contributed by atoms with E-state index in [4.69, 9.17) is 0 Å². The van der Waals surface area contributed by atoms with Gasteiger partial charge in [-0.2, -0.15) is 5.10 Å². The Morgan fingerprint density at radius 3 is 2.46 bits per heavy atom. The normalized spacial score (nSPS) is 17.3. The molecule has 2 aromatic heterocycles. The number of aryl methyl sites for hydroxylation is 2. The number of aromatic nitrogens is 4. The van der Waals surface area contributed by atoms with E-state index in [0.29, 0.717) is 19.0 Å². The van der Waals surface area contributed by atoms with Crippen LogP contribution in [0.4, 0.5) is 0 Å². The summed E-state index contributed by atoms with van der Waals surface area (Å²) in [5.74, 6) is 1.22. The largest absolute Gasteiger partial charge is 0.282 e. The molecule has 0 aromatic carbocycles. The SMILES string of the molecule is Cc1cc(-c2cc(C)[nH]n2)nc(CC2CCN(S(C)(=O)=O)CC2)n1. The third-order valence-corrected chi connectivity index (χ3v) is 5.69. The third kappa shape index (κ3) is 3.99. The van der Waals surface area contributed by atoms with Crippen molar-refractivity contribution in [3.63, 3.8) is 0 Å². The van der Waals surface area contributed by atoms with Gasteiger partial charge in [-0.05, 0) is 44.7 Å². The van der Waals surface area contributed by atoms with Crippen molar-refractivity contribution in [2.24, 2.45) is 5.92 Å². The van der Waals surface area contributed by atoms with Gasteiger partial charge in [0, 0.05) is 30.9 Å². The minimum absolute atomic E-state index is 0.415. The molecule has 0 bridgehead atoms. The summed E-state index contributed by atoms with van der Waals surface area (Å²) in [6.07, 6.45) is 3.74. The van der Waals surface area contributed by atoms with Gasteiger partial charge in [-0.1, -0.05) is 0 Å². The van der Waals surface area contributed by atoms with E-state index in [9.17, 15) is 8.42 Å². The van der Waals surface area contributed by atoms with E-state index in [1.807, 2.05) is 26.0 Å². The van der Waals surface area contributed by atoms with Gasteiger partial charge in [0.25, 0.3) is 0 Å². The molecule has 7 nitrogen and oxygen atoms in total. The van der Waals surface area contributed by atoms with Crippen molar-refractivity contribution in [2.75, 3.05) is 19.3 Å². The molecule has 0 amide bonds. The first kappa shape index (κ1) is 17.0. The summed E-state index contributed by atoms with van der Waals surface area (Å²) in [4.78, 5) is 9.20. The molecule has 3 rings (SSSR count). The van der Waals surface area contributed by atoms with Crippen LogP contribution in [0, 0.1) is 19.8 Å². The number of nitrogens with zero attached hydrogens (tertiary/aromatic N) is 4. The fraction of sp³-hybridized carbons (Fsp3) is 0.562. The van der Waals surface area contributed by atoms with Crippen molar-refractivity contribution in [1.82, 2.24) is 24.5 Å². The second-order valence-electron chi connectivity index (χ2n) is 6.56. The summed E-state index contributed by atoms with van der Waals surface area (Å²) in [7, 11) is -3.08. The van der Waals surface area contributed by atoms with E-state index in [-0.39, 0.29) is 0 Å². The van der Waals surface area contributed by atoms with Crippen molar-refractivity contribution in [3.05, 3.63) is 29.3 Å². The van der Waals surface area contributed by atoms with Gasteiger partial charge in [-0.15, -0.1) is 0 Å². The van der Waals surface area contributed by atoms with Crippen LogP contribution < -0.4 is 0 Å². The molecule has 0 atom stereocenters. The minimum Gasteiger partial charge on any atom is -0.282 e. The first-order valence-corrected chi connectivity index (χ1v) is 9.98. The maximum absolute atomic E-state index is 11.6. The lowest BCUT2D eigenvalue weighted by Crippen LogP contribution is -2.38. The molecule has 24 heavy (non-hydrogen) atoms. The highest BCUT2D eigenvalue weighted by Gasteiger charge is 2.25. The zero-order valence-corrected chi connectivity index (χ0v) is 15.1. The fourth-order valence-corrected chi connectivity index (χ4v) is 3.98. The molecule has 1 aliphatic heterocycles. The number of hydrogen-bond donors (Lipinski definition) is 1. The molecular formula is C16H23N5O2S. The van der Waals surface area contributed by atoms with Gasteiger partial charge in [0.15, 0.2) is 0 Å². The Labute approximate surface area is 142 Å². The van der Waals surface area contributed by atoms with Crippen molar-refractivity contribution in [2.45, 2.75) is 33.1 Å². The van der Waals surface area contributed by atoms with Crippen LogP contribution in [0.25, 0.3) is 11.4 Å². The predicted octanol–water partition coefficient (Wildman–Crippen LogP) is 1.70. The van der Waals surface area contributed by atoms with Crippen molar-refractivity contribution in [3.8, 4) is 11.4 Å². The van der Waals surface area contributed by atoms with E-state index in [2.05, 4.69) is 20.2 Å². The number of rotatable bonds is 4. The molecule has 0 saturated carbocycles. The number of aromatic amines is 1. The number of nitrogens with one attached hydrogen (secondary N) is 1. The molecule has 1 fully saturated rings. The Morgan fingerprint density at radius 2 is 1.88 bits per heavy atom. The lowest BCUT2D eigenvalue weighted by molar-refractivity contribution is 0.271. The van der Waals surface area contributed by atoms with Crippen LogP contribution >= 0.6 is 0 Å². The van der Waals surface area contributed by atoms with Crippen LogP contribution in [0.3, 0.4) is 0 Å². The number of hydrogen-bond acceptors (Lipinski definition) is 5. The second-order valence-corrected chi connectivity index (χ2v) is 8.54. The molecule has 2 aromatic rings. The maximum atomic E-state index is 11.6. The van der Waals surface area contributed by atoms with Gasteiger partial charge in [-0.3, -0.25) is 5.10 Å². The van der Waals surface area contributed by atoms with Crippen molar-refractivity contribution in [1.29, 1.82) is 0 Å². The third-order valence-electron chi connectivity index (χ3n) is 4.38. The Morgan fingerprint density at radius 1 is 1.17 bits per heavy atom. The highest BCUT2D eigenvalue weighted by molar-refractivity contribution is 7.88. The molecule has 1 saturated heterocycles. The van der Waals surface area contributed by atoms with E-state index in [1.54, 1.807) is 4.31 Å². The van der Waals surface area contributed by atoms with Crippen LogP contribution in [0.15, 0.2) is 12.1 Å². The summed E-state index contributed by atoms with van der Waals surface area (Å²) >= 11 is 0. The maximum Gasteiger partial charge on any atom is 0.211 e. The average molecular weight is 349 g/mol.